The molecule has 146 valence electrons. The Labute approximate surface area is 168 Å². The Bertz CT molecular complexity index is 979. The molecule has 0 fully saturated rings. The normalized spacial score (nSPS) is 12.1. The third-order valence-corrected chi connectivity index (χ3v) is 5.60. The summed E-state index contributed by atoms with van der Waals surface area (Å²) in [7, 11) is 0. The van der Waals surface area contributed by atoms with E-state index in [9.17, 15) is 14.7 Å². The fourth-order valence-corrected chi connectivity index (χ4v) is 3.81. The average Bonchev–Trinajstić information content (AvgIpc) is 3.10. The van der Waals surface area contributed by atoms with Crippen LogP contribution in [0.1, 0.15) is 36.1 Å². The topological polar surface area (TPSA) is 82.2 Å². The van der Waals surface area contributed by atoms with Gasteiger partial charge in [-0.25, -0.2) is 0 Å². The molecule has 1 amide bonds. The van der Waals surface area contributed by atoms with Gasteiger partial charge in [0.2, 0.25) is 5.91 Å². The van der Waals surface area contributed by atoms with E-state index in [0.29, 0.717) is 0 Å². The Balaban J connectivity index is 1.77. The van der Waals surface area contributed by atoms with Crippen molar-refractivity contribution >= 4 is 34.5 Å². The predicted octanol–water partition coefficient (Wildman–Crippen LogP) is 4.33. The second-order valence-electron chi connectivity index (χ2n) is 6.68. The second kappa shape index (κ2) is 8.97. The Morgan fingerprint density at radius 2 is 1.89 bits per heavy atom. The van der Waals surface area contributed by atoms with E-state index in [2.05, 4.69) is 23.3 Å². The first-order valence-corrected chi connectivity index (χ1v) is 10.5. The highest BCUT2D eigenvalue weighted by molar-refractivity contribution is 7.98. The lowest BCUT2D eigenvalue weighted by Crippen LogP contribution is -2.31. The molecule has 28 heavy (non-hydrogen) atoms. The maximum Gasteiger partial charge on any atom is 0.305 e. The van der Waals surface area contributed by atoms with E-state index in [1.165, 1.54) is 5.56 Å². The van der Waals surface area contributed by atoms with Crippen LogP contribution in [0.15, 0.2) is 53.6 Å². The van der Waals surface area contributed by atoms with Gasteiger partial charge in [0.15, 0.2) is 0 Å². The van der Waals surface area contributed by atoms with Crippen molar-refractivity contribution in [2.75, 3.05) is 6.26 Å². The highest BCUT2D eigenvalue weighted by atomic mass is 32.2. The van der Waals surface area contributed by atoms with Crippen LogP contribution in [-0.4, -0.2) is 28.2 Å². The van der Waals surface area contributed by atoms with Crippen LogP contribution >= 0.6 is 11.8 Å². The van der Waals surface area contributed by atoms with Gasteiger partial charge in [-0.2, -0.15) is 0 Å². The van der Waals surface area contributed by atoms with E-state index < -0.39 is 12.0 Å². The summed E-state index contributed by atoms with van der Waals surface area (Å²) in [6, 6.07) is 13.1. The van der Waals surface area contributed by atoms with Gasteiger partial charge in [-0.05, 0) is 41.5 Å². The number of nitrogens with one attached hydrogen (secondary N) is 2. The molecule has 5 nitrogen and oxygen atoms in total. The third-order valence-electron chi connectivity index (χ3n) is 4.85. The minimum Gasteiger partial charge on any atom is -0.481 e. The minimum atomic E-state index is -0.945. The van der Waals surface area contributed by atoms with E-state index in [-0.39, 0.29) is 18.7 Å². The third kappa shape index (κ3) is 4.57. The molecule has 0 aliphatic heterocycles. The maximum atomic E-state index is 12.7. The Hall–Kier alpha value is -2.73. The van der Waals surface area contributed by atoms with Crippen LogP contribution in [0.2, 0.25) is 0 Å². The van der Waals surface area contributed by atoms with E-state index in [0.717, 1.165) is 33.3 Å². The molecule has 0 radical (unpaired) electrons. The number of aromatic amines is 1. The number of hydrogen-bond acceptors (Lipinski definition) is 3. The number of H-pyrrole nitrogens is 1. The molecule has 0 spiro atoms. The standard InChI is InChI=1S/C22H24N2O3S/c1-3-14-5-4-6-18-16(13-23-22(14)18)11-20(25)24-19(12-21(26)27)15-7-9-17(28-2)10-8-15/h4-10,13,19,23H,3,11-12H2,1-2H3,(H,24,25)(H,26,27). The predicted molar refractivity (Wildman–Crippen MR) is 113 cm³/mol. The Morgan fingerprint density at radius 1 is 1.14 bits per heavy atom. The van der Waals surface area contributed by atoms with E-state index in [4.69, 9.17) is 0 Å². The van der Waals surface area contributed by atoms with Gasteiger partial charge in [0.1, 0.15) is 0 Å². The van der Waals surface area contributed by atoms with Gasteiger partial charge in [0, 0.05) is 22.0 Å². The molecule has 2 aromatic carbocycles. The van der Waals surface area contributed by atoms with Crippen molar-refractivity contribution in [3.05, 3.63) is 65.4 Å². The lowest BCUT2D eigenvalue weighted by Gasteiger charge is -2.18. The fourth-order valence-electron chi connectivity index (χ4n) is 3.40. The number of rotatable bonds is 8. The zero-order valence-electron chi connectivity index (χ0n) is 16.0. The molecule has 3 aromatic rings. The van der Waals surface area contributed by atoms with Crippen LogP contribution in [0.25, 0.3) is 10.9 Å². The number of aryl methyl sites for hydroxylation is 1. The van der Waals surface area contributed by atoms with Gasteiger partial charge in [-0.15, -0.1) is 11.8 Å². The first kappa shape index (κ1) is 20.0. The SMILES string of the molecule is CCc1cccc2c(CC(=O)NC(CC(=O)O)c3ccc(SC)cc3)c[nH]c12. The van der Waals surface area contributed by atoms with E-state index in [1.54, 1.807) is 11.8 Å². The van der Waals surface area contributed by atoms with Gasteiger partial charge < -0.3 is 15.4 Å². The van der Waals surface area contributed by atoms with Crippen molar-refractivity contribution < 1.29 is 14.7 Å². The maximum absolute atomic E-state index is 12.7. The van der Waals surface area contributed by atoms with Crippen LogP contribution < -0.4 is 5.32 Å². The van der Waals surface area contributed by atoms with Gasteiger partial charge in [0.25, 0.3) is 0 Å². The lowest BCUT2D eigenvalue weighted by molar-refractivity contribution is -0.137. The molecule has 0 saturated carbocycles. The zero-order chi connectivity index (χ0) is 20.1. The number of thioether (sulfide) groups is 1. The molecule has 1 unspecified atom stereocenters. The second-order valence-corrected chi connectivity index (χ2v) is 7.55. The number of carboxylic acids is 1. The summed E-state index contributed by atoms with van der Waals surface area (Å²) in [6.07, 6.45) is 4.81. The van der Waals surface area contributed by atoms with Crippen molar-refractivity contribution in [3.63, 3.8) is 0 Å². The van der Waals surface area contributed by atoms with Crippen molar-refractivity contribution in [2.45, 2.75) is 37.1 Å². The summed E-state index contributed by atoms with van der Waals surface area (Å²) >= 11 is 1.62. The van der Waals surface area contributed by atoms with Crippen molar-refractivity contribution in [1.29, 1.82) is 0 Å². The number of para-hydroxylation sites is 1. The van der Waals surface area contributed by atoms with Gasteiger partial charge >= 0.3 is 5.97 Å². The molecule has 1 atom stereocenters. The smallest absolute Gasteiger partial charge is 0.305 e. The van der Waals surface area contributed by atoms with Crippen molar-refractivity contribution in [3.8, 4) is 0 Å². The number of hydrogen-bond donors (Lipinski definition) is 3. The molecule has 3 rings (SSSR count). The molecule has 0 aliphatic rings. The van der Waals surface area contributed by atoms with Gasteiger partial charge in [-0.1, -0.05) is 37.3 Å². The monoisotopic (exact) mass is 396 g/mol. The molecule has 0 saturated heterocycles. The highest BCUT2D eigenvalue weighted by Gasteiger charge is 2.19. The Kier molecular flexibility index (Phi) is 6.41. The average molecular weight is 397 g/mol. The Morgan fingerprint density at radius 3 is 2.54 bits per heavy atom. The number of benzene rings is 2. The van der Waals surface area contributed by atoms with Crippen LogP contribution in [0, 0.1) is 0 Å². The molecule has 3 N–H and O–H groups in total. The molecular weight excluding hydrogens is 372 g/mol. The quantitative estimate of drug-likeness (QED) is 0.495. The van der Waals surface area contributed by atoms with Crippen LogP contribution in [0.3, 0.4) is 0 Å². The van der Waals surface area contributed by atoms with Crippen LogP contribution in [-0.2, 0) is 22.4 Å². The van der Waals surface area contributed by atoms with Crippen molar-refractivity contribution in [2.24, 2.45) is 0 Å². The fraction of sp³-hybridized carbons (Fsp3) is 0.273. The number of carboxylic acid groups (broad SMARTS) is 1. The van der Waals surface area contributed by atoms with Gasteiger partial charge in [-0.3, -0.25) is 9.59 Å². The molecular formula is C22H24N2O3S. The van der Waals surface area contributed by atoms with E-state index in [1.807, 2.05) is 48.9 Å². The molecule has 0 bridgehead atoms. The minimum absolute atomic E-state index is 0.155. The molecule has 1 heterocycles. The number of fused-ring (bicyclic) bond motifs is 1. The summed E-state index contributed by atoms with van der Waals surface area (Å²) in [5, 5.41) is 13.2. The first-order chi connectivity index (χ1) is 13.5. The van der Waals surface area contributed by atoms with Gasteiger partial charge in [0.05, 0.1) is 18.9 Å². The summed E-state index contributed by atoms with van der Waals surface area (Å²) in [5.74, 6) is -1.14. The largest absolute Gasteiger partial charge is 0.481 e. The lowest BCUT2D eigenvalue weighted by atomic mass is 10.0. The number of aromatic nitrogens is 1. The summed E-state index contributed by atoms with van der Waals surface area (Å²) in [4.78, 5) is 28.3. The number of amides is 1. The van der Waals surface area contributed by atoms with E-state index >= 15 is 0 Å². The highest BCUT2D eigenvalue weighted by Crippen LogP contribution is 2.24. The first-order valence-electron chi connectivity index (χ1n) is 9.24. The summed E-state index contributed by atoms with van der Waals surface area (Å²) in [5.41, 5.74) is 3.97. The van der Waals surface area contributed by atoms with Crippen LogP contribution in [0.5, 0.6) is 0 Å². The van der Waals surface area contributed by atoms with Crippen molar-refractivity contribution in [1.82, 2.24) is 10.3 Å². The summed E-state index contributed by atoms with van der Waals surface area (Å²) < 4.78 is 0. The zero-order valence-corrected chi connectivity index (χ0v) is 16.8. The summed E-state index contributed by atoms with van der Waals surface area (Å²) in [6.45, 7) is 2.10. The number of aliphatic carboxylic acids is 1. The molecule has 0 aliphatic carbocycles. The molecule has 6 heteroatoms. The van der Waals surface area contributed by atoms with Crippen LogP contribution in [0.4, 0.5) is 0 Å². The number of carbonyl (C=O) groups is 2. The number of carbonyl (C=O) groups excluding carboxylic acids is 1. The molecule has 1 aromatic heterocycles.